The van der Waals surface area contributed by atoms with Crippen LogP contribution in [0, 0.1) is 0 Å². The van der Waals surface area contributed by atoms with E-state index in [9.17, 15) is 0 Å². The highest BCUT2D eigenvalue weighted by Gasteiger charge is 1.99. The average Bonchev–Trinajstić information content (AvgIpc) is 3.10. The van der Waals surface area contributed by atoms with Gasteiger partial charge in [-0.1, -0.05) is 12.1 Å². The van der Waals surface area contributed by atoms with Gasteiger partial charge >= 0.3 is 0 Å². The van der Waals surface area contributed by atoms with Gasteiger partial charge in [-0.2, -0.15) is 5.10 Å². The van der Waals surface area contributed by atoms with E-state index in [0.29, 0.717) is 0 Å². The fourth-order valence-corrected chi connectivity index (χ4v) is 2.44. The van der Waals surface area contributed by atoms with E-state index in [2.05, 4.69) is 45.0 Å². The molecule has 0 aliphatic heterocycles. The summed E-state index contributed by atoms with van der Waals surface area (Å²) in [6.45, 7) is 1.55. The maximum atomic E-state index is 4.26. The van der Waals surface area contributed by atoms with Gasteiger partial charge in [0.25, 0.3) is 0 Å². The van der Waals surface area contributed by atoms with Gasteiger partial charge in [0.1, 0.15) is 0 Å². The third kappa shape index (κ3) is 3.20. The molecule has 3 aromatic rings. The Morgan fingerprint density at radius 3 is 3.05 bits per heavy atom. The maximum absolute atomic E-state index is 4.26. The summed E-state index contributed by atoms with van der Waals surface area (Å²) >= 11 is 1.62. The van der Waals surface area contributed by atoms with Gasteiger partial charge in [0.05, 0.1) is 24.3 Å². The van der Waals surface area contributed by atoms with E-state index in [1.165, 1.54) is 5.56 Å². The van der Waals surface area contributed by atoms with Gasteiger partial charge in [-0.3, -0.25) is 4.68 Å². The van der Waals surface area contributed by atoms with Crippen LogP contribution in [0.3, 0.4) is 0 Å². The minimum Gasteiger partial charge on any atom is -0.379 e. The van der Waals surface area contributed by atoms with Gasteiger partial charge in [-0.25, -0.2) is 4.98 Å². The molecule has 0 saturated carbocycles. The van der Waals surface area contributed by atoms with Crippen LogP contribution in [-0.4, -0.2) is 14.8 Å². The summed E-state index contributed by atoms with van der Waals surface area (Å²) < 4.78 is 1.92. The zero-order valence-corrected chi connectivity index (χ0v) is 11.2. The molecule has 0 aliphatic carbocycles. The smallest absolute Gasteiger partial charge is 0.0795 e. The Morgan fingerprint density at radius 1 is 1.26 bits per heavy atom. The molecule has 0 bridgehead atoms. The second-order valence-electron chi connectivity index (χ2n) is 4.24. The molecular weight excluding hydrogens is 256 g/mol. The van der Waals surface area contributed by atoms with Crippen LogP contribution < -0.4 is 5.32 Å². The standard InChI is InChI=1S/C14H14N4S/c1-3-12(9-18-6-2-5-17-18)7-13(4-1)15-8-14-10-19-11-16-14/h1-7,10-11,15H,8-9H2. The molecular formula is C14H14N4S. The van der Waals surface area contributed by atoms with Crippen LogP contribution in [0.1, 0.15) is 11.3 Å². The molecule has 1 N–H and O–H groups in total. The largest absolute Gasteiger partial charge is 0.379 e. The summed E-state index contributed by atoms with van der Waals surface area (Å²) in [6.07, 6.45) is 3.76. The zero-order chi connectivity index (χ0) is 12.9. The second-order valence-corrected chi connectivity index (χ2v) is 4.96. The van der Waals surface area contributed by atoms with Crippen molar-refractivity contribution in [3.8, 4) is 0 Å². The summed E-state index contributed by atoms with van der Waals surface area (Å²) in [5, 5.41) is 9.65. The van der Waals surface area contributed by atoms with Crippen LogP contribution in [0.4, 0.5) is 5.69 Å². The van der Waals surface area contributed by atoms with E-state index < -0.39 is 0 Å². The Labute approximate surface area is 115 Å². The first-order valence-electron chi connectivity index (χ1n) is 6.07. The molecule has 1 aromatic carbocycles. The monoisotopic (exact) mass is 270 g/mol. The topological polar surface area (TPSA) is 42.7 Å². The number of nitrogens with zero attached hydrogens (tertiary/aromatic N) is 3. The number of aromatic nitrogens is 3. The number of thiazole rings is 1. The van der Waals surface area contributed by atoms with Crippen molar-refractivity contribution in [1.82, 2.24) is 14.8 Å². The number of hydrogen-bond acceptors (Lipinski definition) is 4. The van der Waals surface area contributed by atoms with Crippen molar-refractivity contribution < 1.29 is 0 Å². The molecule has 2 heterocycles. The molecule has 0 fully saturated rings. The Bertz CT molecular complexity index is 617. The molecule has 0 aliphatic rings. The molecule has 5 heteroatoms. The number of hydrogen-bond donors (Lipinski definition) is 1. The predicted molar refractivity (Wildman–Crippen MR) is 77.2 cm³/mol. The second kappa shape index (κ2) is 5.67. The highest BCUT2D eigenvalue weighted by atomic mass is 32.1. The van der Waals surface area contributed by atoms with Crippen LogP contribution in [0.2, 0.25) is 0 Å². The average molecular weight is 270 g/mol. The SMILES string of the molecule is c1cc(Cn2cccn2)cc(NCc2cscn2)c1. The Kier molecular flexibility index (Phi) is 3.56. The molecule has 2 aromatic heterocycles. The molecule has 0 amide bonds. The Balaban J connectivity index is 1.66. The molecule has 0 unspecified atom stereocenters. The molecule has 19 heavy (non-hydrogen) atoms. The highest BCUT2D eigenvalue weighted by Crippen LogP contribution is 2.13. The molecule has 0 radical (unpaired) electrons. The molecule has 0 atom stereocenters. The van der Waals surface area contributed by atoms with Crippen molar-refractivity contribution in [3.05, 3.63) is 64.9 Å². The lowest BCUT2D eigenvalue weighted by Gasteiger charge is -2.07. The summed E-state index contributed by atoms with van der Waals surface area (Å²) in [5.41, 5.74) is 5.26. The lowest BCUT2D eigenvalue weighted by Crippen LogP contribution is -2.02. The Morgan fingerprint density at radius 2 is 2.26 bits per heavy atom. The quantitative estimate of drug-likeness (QED) is 0.775. The van der Waals surface area contributed by atoms with Gasteiger partial charge in [0.15, 0.2) is 0 Å². The van der Waals surface area contributed by atoms with E-state index in [1.807, 2.05) is 22.5 Å². The summed E-state index contributed by atoms with van der Waals surface area (Å²) in [7, 11) is 0. The summed E-state index contributed by atoms with van der Waals surface area (Å²) in [6, 6.07) is 10.3. The maximum Gasteiger partial charge on any atom is 0.0795 e. The summed E-state index contributed by atoms with van der Waals surface area (Å²) in [4.78, 5) is 4.26. The third-order valence-corrected chi connectivity index (χ3v) is 3.42. The van der Waals surface area contributed by atoms with E-state index in [-0.39, 0.29) is 0 Å². The van der Waals surface area contributed by atoms with Gasteiger partial charge in [0, 0.05) is 23.5 Å². The van der Waals surface area contributed by atoms with Crippen molar-refractivity contribution in [2.75, 3.05) is 5.32 Å². The zero-order valence-electron chi connectivity index (χ0n) is 10.4. The van der Waals surface area contributed by atoms with Crippen LogP contribution >= 0.6 is 11.3 Å². The lowest BCUT2D eigenvalue weighted by molar-refractivity contribution is 0.687. The number of nitrogens with one attached hydrogen (secondary N) is 1. The molecule has 96 valence electrons. The van der Waals surface area contributed by atoms with Crippen molar-refractivity contribution in [2.45, 2.75) is 13.1 Å². The number of benzene rings is 1. The normalized spacial score (nSPS) is 10.5. The Hall–Kier alpha value is -2.14. The van der Waals surface area contributed by atoms with E-state index in [1.54, 1.807) is 17.5 Å². The minimum absolute atomic E-state index is 0.759. The fourth-order valence-electron chi connectivity index (χ4n) is 1.88. The van der Waals surface area contributed by atoms with E-state index >= 15 is 0 Å². The van der Waals surface area contributed by atoms with Crippen LogP contribution in [0.25, 0.3) is 0 Å². The predicted octanol–water partition coefficient (Wildman–Crippen LogP) is 3.00. The first-order valence-corrected chi connectivity index (χ1v) is 7.02. The molecule has 4 nitrogen and oxygen atoms in total. The van der Waals surface area contributed by atoms with Crippen molar-refractivity contribution in [2.24, 2.45) is 0 Å². The third-order valence-electron chi connectivity index (χ3n) is 2.79. The fraction of sp³-hybridized carbons (Fsp3) is 0.143. The van der Waals surface area contributed by atoms with Gasteiger partial charge < -0.3 is 5.32 Å². The van der Waals surface area contributed by atoms with Crippen LogP contribution in [0.5, 0.6) is 0 Å². The van der Waals surface area contributed by atoms with Crippen molar-refractivity contribution in [1.29, 1.82) is 0 Å². The molecule has 3 rings (SSSR count). The van der Waals surface area contributed by atoms with Gasteiger partial charge in [0.2, 0.25) is 0 Å². The first-order chi connectivity index (χ1) is 9.40. The van der Waals surface area contributed by atoms with Gasteiger partial charge in [-0.05, 0) is 23.8 Å². The van der Waals surface area contributed by atoms with Crippen molar-refractivity contribution in [3.63, 3.8) is 0 Å². The van der Waals surface area contributed by atoms with Crippen LogP contribution in [-0.2, 0) is 13.1 Å². The molecule has 0 spiro atoms. The minimum atomic E-state index is 0.759. The number of anilines is 1. The first kappa shape index (κ1) is 11.9. The van der Waals surface area contributed by atoms with E-state index in [4.69, 9.17) is 0 Å². The summed E-state index contributed by atoms with van der Waals surface area (Å²) in [5.74, 6) is 0. The lowest BCUT2D eigenvalue weighted by atomic mass is 10.2. The van der Waals surface area contributed by atoms with Crippen molar-refractivity contribution >= 4 is 17.0 Å². The molecule has 0 saturated heterocycles. The highest BCUT2D eigenvalue weighted by molar-refractivity contribution is 7.07. The van der Waals surface area contributed by atoms with Gasteiger partial charge in [-0.15, -0.1) is 11.3 Å². The van der Waals surface area contributed by atoms with Crippen LogP contribution in [0.15, 0.2) is 53.6 Å². The number of rotatable bonds is 5. The van der Waals surface area contributed by atoms with E-state index in [0.717, 1.165) is 24.5 Å².